The summed E-state index contributed by atoms with van der Waals surface area (Å²) in [6, 6.07) is -1.77. The average Bonchev–Trinajstić information content (AvgIpc) is 3.51. The van der Waals surface area contributed by atoms with Crippen LogP contribution in [0.4, 0.5) is 8.78 Å². The molecule has 4 aliphatic heterocycles. The zero-order chi connectivity index (χ0) is 27.2. The number of nitrogens with two attached hydrogens (primary N) is 1. The summed E-state index contributed by atoms with van der Waals surface area (Å²) in [5.41, 5.74) is 5.68. The maximum Gasteiger partial charge on any atom is 0.353 e. The number of amides is 2. The van der Waals surface area contributed by atoms with Gasteiger partial charge in [0, 0.05) is 60.4 Å². The van der Waals surface area contributed by atoms with Crippen molar-refractivity contribution in [3.05, 3.63) is 10.6 Å². The highest BCUT2D eigenvalue weighted by Gasteiger charge is 2.60. The van der Waals surface area contributed by atoms with E-state index in [0.29, 0.717) is 30.8 Å². The Morgan fingerprint density at radius 2 is 2.05 bits per heavy atom. The third kappa shape index (κ3) is 5.49. The monoisotopic (exact) mass is 566 g/mol. The highest BCUT2D eigenvalue weighted by molar-refractivity contribution is 8.03. The molecular weight excluding hydrogens is 534 g/mol. The van der Waals surface area contributed by atoms with Crippen molar-refractivity contribution in [3.8, 4) is 0 Å². The fraction of sp³-hybridized carbons (Fsp3) is 0.762. The Hall–Kier alpha value is -1.85. The summed E-state index contributed by atoms with van der Waals surface area (Å²) < 4.78 is 54.3. The maximum atomic E-state index is 12.8. The molecule has 2 amide bonds. The summed E-state index contributed by atoms with van der Waals surface area (Å²) >= 11 is 1.34. The highest BCUT2D eigenvalue weighted by atomic mass is 32.2. The predicted octanol–water partition coefficient (Wildman–Crippen LogP) is -1.14. The minimum Gasteiger partial charge on any atom is -0.477 e. The lowest BCUT2D eigenvalue weighted by atomic mass is 9.78. The van der Waals surface area contributed by atoms with Gasteiger partial charge in [-0.05, 0) is 19.8 Å². The lowest BCUT2D eigenvalue weighted by molar-refractivity contribution is -0.159. The zero-order valence-corrected chi connectivity index (χ0v) is 22.0. The van der Waals surface area contributed by atoms with Crippen molar-refractivity contribution in [1.82, 2.24) is 24.6 Å². The first-order valence-electron chi connectivity index (χ1n) is 12.1. The second kappa shape index (κ2) is 10.7. The Labute approximate surface area is 217 Å². The lowest BCUT2D eigenvalue weighted by Crippen LogP contribution is -2.66. The summed E-state index contributed by atoms with van der Waals surface area (Å²) in [5.74, 6) is -4.44. The molecule has 4 heterocycles. The minimum atomic E-state index is -3.64. The van der Waals surface area contributed by atoms with E-state index in [1.165, 1.54) is 27.9 Å². The van der Waals surface area contributed by atoms with Crippen molar-refractivity contribution in [2.24, 2.45) is 17.6 Å². The van der Waals surface area contributed by atoms with E-state index in [-0.39, 0.29) is 42.0 Å². The van der Waals surface area contributed by atoms with Gasteiger partial charge in [0.25, 0.3) is 16.1 Å². The molecule has 6 N–H and O–H groups in total. The van der Waals surface area contributed by atoms with Crippen molar-refractivity contribution in [1.29, 1.82) is 0 Å². The maximum absolute atomic E-state index is 12.8. The summed E-state index contributed by atoms with van der Waals surface area (Å²) in [5, 5.41) is 15.2. The van der Waals surface area contributed by atoms with Gasteiger partial charge in [-0.25, -0.2) is 9.52 Å². The van der Waals surface area contributed by atoms with Crippen LogP contribution in [0.25, 0.3) is 0 Å². The second-order valence-corrected chi connectivity index (χ2v) is 13.1. The Kier molecular flexibility index (Phi) is 8.17. The minimum absolute atomic E-state index is 0.0651. The molecule has 0 aliphatic carbocycles. The highest BCUT2D eigenvalue weighted by Crippen LogP contribution is 2.51. The molecule has 0 spiro atoms. The molecule has 37 heavy (non-hydrogen) atoms. The number of carboxylic acids is 1. The number of alkyl halides is 2. The van der Waals surface area contributed by atoms with Crippen molar-refractivity contribution < 1.29 is 36.7 Å². The van der Waals surface area contributed by atoms with Gasteiger partial charge in [-0.3, -0.25) is 9.59 Å². The summed E-state index contributed by atoms with van der Waals surface area (Å²) in [6.45, 7) is 4.57. The van der Waals surface area contributed by atoms with E-state index in [9.17, 15) is 36.7 Å². The first-order chi connectivity index (χ1) is 17.3. The van der Waals surface area contributed by atoms with E-state index in [2.05, 4.69) is 15.4 Å². The van der Waals surface area contributed by atoms with Crippen molar-refractivity contribution >= 4 is 39.8 Å². The number of nitrogens with zero attached hydrogens (tertiary/aromatic N) is 2. The van der Waals surface area contributed by atoms with Gasteiger partial charge in [0.05, 0.1) is 12.0 Å². The molecule has 0 aromatic carbocycles. The first-order valence-corrected chi connectivity index (χ1v) is 14.4. The van der Waals surface area contributed by atoms with E-state index in [4.69, 9.17) is 5.73 Å². The molecule has 3 saturated heterocycles. The van der Waals surface area contributed by atoms with Crippen LogP contribution in [0.5, 0.6) is 0 Å². The van der Waals surface area contributed by atoms with Crippen LogP contribution < -0.4 is 21.1 Å². The van der Waals surface area contributed by atoms with Gasteiger partial charge in [0.2, 0.25) is 5.91 Å². The van der Waals surface area contributed by atoms with E-state index in [1.807, 2.05) is 0 Å². The van der Waals surface area contributed by atoms with Gasteiger partial charge in [0.1, 0.15) is 5.70 Å². The molecule has 4 rings (SSSR count). The standard InChI is InChI=1S/C21H32F2N6O6S2/c1-9-15-14(10(2)27-19(30)18(22)23)20(31)29(15)16(21(32)33)17(9)36-13-5-12(25-7-13)6-26-37(34,35)28-4-3-11(24)8-28/h9-15,18,25-26H,3-8,24H2,1-2H3,(H,27,30)(H,32,33)/t9-,10-,11+,12+,13+,14-,15-/m1/s1. The number of carboxylic acid groups (broad SMARTS) is 1. The van der Waals surface area contributed by atoms with Crippen LogP contribution in [0.15, 0.2) is 10.6 Å². The fourth-order valence-corrected chi connectivity index (χ4v) is 8.40. The van der Waals surface area contributed by atoms with Crippen LogP contribution in [-0.2, 0) is 24.6 Å². The van der Waals surface area contributed by atoms with Crippen LogP contribution in [0.1, 0.15) is 26.7 Å². The molecule has 0 bridgehead atoms. The quantitative estimate of drug-likeness (QED) is 0.205. The third-order valence-electron chi connectivity index (χ3n) is 7.41. The lowest BCUT2D eigenvalue weighted by Gasteiger charge is -2.47. The molecule has 12 nitrogen and oxygen atoms in total. The number of thioether (sulfide) groups is 1. The summed E-state index contributed by atoms with van der Waals surface area (Å²) in [7, 11) is -3.64. The molecule has 208 valence electrons. The normalized spacial score (nSPS) is 33.1. The van der Waals surface area contributed by atoms with Gasteiger partial charge >= 0.3 is 12.4 Å². The summed E-state index contributed by atoms with van der Waals surface area (Å²) in [6.07, 6.45) is -2.04. The van der Waals surface area contributed by atoms with Gasteiger partial charge in [-0.15, -0.1) is 11.8 Å². The van der Waals surface area contributed by atoms with Crippen LogP contribution in [0, 0.1) is 11.8 Å². The predicted molar refractivity (Wildman–Crippen MR) is 130 cm³/mol. The van der Waals surface area contributed by atoms with Crippen LogP contribution in [-0.4, -0.2) is 103 Å². The molecule has 0 aromatic rings. The van der Waals surface area contributed by atoms with Gasteiger partial charge in [-0.2, -0.15) is 21.5 Å². The molecule has 7 atom stereocenters. The molecule has 4 aliphatic rings. The first kappa shape index (κ1) is 28.2. The molecule has 0 unspecified atom stereocenters. The number of β-lactam (4-membered cyclic amide) rings is 1. The third-order valence-corrected chi connectivity index (χ3v) is 10.5. The van der Waals surface area contributed by atoms with Crippen molar-refractivity contribution in [2.75, 3.05) is 26.2 Å². The van der Waals surface area contributed by atoms with E-state index in [1.54, 1.807) is 6.92 Å². The number of carbonyl (C=O) groups excluding carboxylic acids is 2. The molecule has 3 fully saturated rings. The van der Waals surface area contributed by atoms with Crippen molar-refractivity contribution in [3.63, 3.8) is 0 Å². The Balaban J connectivity index is 1.37. The Morgan fingerprint density at radius 3 is 2.65 bits per heavy atom. The van der Waals surface area contributed by atoms with E-state index in [0.717, 1.165) is 0 Å². The molecule has 0 saturated carbocycles. The second-order valence-electron chi connectivity index (χ2n) is 9.97. The summed E-state index contributed by atoms with van der Waals surface area (Å²) in [4.78, 5) is 38.1. The number of hydrogen-bond acceptors (Lipinski definition) is 8. The number of nitrogens with one attached hydrogen (secondary N) is 3. The number of halogens is 2. The van der Waals surface area contributed by atoms with Gasteiger partial charge in [0.15, 0.2) is 0 Å². The number of aliphatic carboxylic acids is 1. The van der Waals surface area contributed by atoms with Crippen LogP contribution in [0.3, 0.4) is 0 Å². The van der Waals surface area contributed by atoms with Crippen molar-refractivity contribution in [2.45, 2.75) is 62.5 Å². The number of rotatable bonds is 10. The van der Waals surface area contributed by atoms with Crippen LogP contribution in [0.2, 0.25) is 0 Å². The number of carbonyl (C=O) groups is 3. The SMILES string of the molecule is C[C@@H](NC(=O)C(F)F)[C@H]1C(=O)N2C(C(=O)O)=C(S[C@@H]3CN[C@H](CNS(=O)(=O)N4CC[C@H](N)C4)C3)[C@H](C)[C@H]12. The molecule has 0 radical (unpaired) electrons. The fourth-order valence-electron chi connectivity index (χ4n) is 5.55. The smallest absolute Gasteiger partial charge is 0.353 e. The van der Waals surface area contributed by atoms with Gasteiger partial charge in [-0.1, -0.05) is 6.92 Å². The van der Waals surface area contributed by atoms with Crippen LogP contribution >= 0.6 is 11.8 Å². The Morgan fingerprint density at radius 1 is 1.35 bits per heavy atom. The Bertz CT molecular complexity index is 1090. The van der Waals surface area contributed by atoms with E-state index < -0.39 is 52.4 Å². The largest absolute Gasteiger partial charge is 0.477 e. The molecular formula is C21H32F2N6O6S2. The average molecular weight is 567 g/mol. The zero-order valence-electron chi connectivity index (χ0n) is 20.4. The topological polar surface area (TPSA) is 174 Å². The van der Waals surface area contributed by atoms with E-state index >= 15 is 0 Å². The number of hydrogen-bond donors (Lipinski definition) is 5. The molecule has 0 aromatic heterocycles. The number of fused-ring (bicyclic) bond motifs is 1. The molecule has 16 heteroatoms. The van der Waals surface area contributed by atoms with Gasteiger partial charge < -0.3 is 26.4 Å².